The molecule has 0 spiro atoms. The molecule has 0 radical (unpaired) electrons. The Hall–Kier alpha value is -2.48. The number of fused-ring (bicyclic) bond motifs is 3. The van der Waals surface area contributed by atoms with E-state index in [-0.39, 0.29) is 0 Å². The topological polar surface area (TPSA) is 25.8 Å². The van der Waals surface area contributed by atoms with Gasteiger partial charge in [-0.3, -0.25) is 0 Å². The van der Waals surface area contributed by atoms with Crippen molar-refractivity contribution in [2.45, 2.75) is 6.42 Å². The van der Waals surface area contributed by atoms with Crippen LogP contribution in [0.2, 0.25) is 0 Å². The number of nitrogens with zero attached hydrogens (tertiary/aromatic N) is 2. The van der Waals surface area contributed by atoms with Gasteiger partial charge in [0.1, 0.15) is 0 Å². The van der Waals surface area contributed by atoms with Crippen LogP contribution in [0.15, 0.2) is 60.8 Å². The first-order valence-corrected chi connectivity index (χ1v) is 6.41. The van der Waals surface area contributed by atoms with Crippen molar-refractivity contribution in [1.82, 2.24) is 9.97 Å². The number of hydrogen-bond donors (Lipinski definition) is 0. The fourth-order valence-corrected chi connectivity index (χ4v) is 2.61. The second kappa shape index (κ2) is 4.02. The van der Waals surface area contributed by atoms with E-state index in [9.17, 15) is 0 Å². The average molecular weight is 244 g/mol. The molecule has 0 atom stereocenters. The number of benzene rings is 2. The molecule has 2 aromatic carbocycles. The van der Waals surface area contributed by atoms with Crippen molar-refractivity contribution in [1.29, 1.82) is 0 Å². The number of rotatable bonds is 1. The SMILES string of the molecule is c1ccc(-c2ncc3c(n2)-c2ccccc2C3)cc1. The Kier molecular flexibility index (Phi) is 2.21. The van der Waals surface area contributed by atoms with Gasteiger partial charge in [0, 0.05) is 29.3 Å². The Morgan fingerprint density at radius 3 is 2.47 bits per heavy atom. The van der Waals surface area contributed by atoms with Gasteiger partial charge in [-0.05, 0) is 5.56 Å². The van der Waals surface area contributed by atoms with E-state index in [1.165, 1.54) is 16.7 Å². The van der Waals surface area contributed by atoms with Gasteiger partial charge in [-0.25, -0.2) is 9.97 Å². The molecular weight excluding hydrogens is 232 g/mol. The maximum atomic E-state index is 4.75. The van der Waals surface area contributed by atoms with Crippen molar-refractivity contribution >= 4 is 0 Å². The zero-order chi connectivity index (χ0) is 12.7. The Labute approximate surface area is 111 Å². The summed E-state index contributed by atoms with van der Waals surface area (Å²) < 4.78 is 0. The summed E-state index contributed by atoms with van der Waals surface area (Å²) in [7, 11) is 0. The summed E-state index contributed by atoms with van der Waals surface area (Å²) >= 11 is 0. The van der Waals surface area contributed by atoms with E-state index in [0.29, 0.717) is 0 Å². The van der Waals surface area contributed by atoms with Gasteiger partial charge in [0.15, 0.2) is 5.82 Å². The normalized spacial score (nSPS) is 12.0. The van der Waals surface area contributed by atoms with Crippen LogP contribution in [0.1, 0.15) is 11.1 Å². The molecule has 0 fully saturated rings. The van der Waals surface area contributed by atoms with Gasteiger partial charge in [-0.15, -0.1) is 0 Å². The lowest BCUT2D eigenvalue weighted by Crippen LogP contribution is -1.93. The number of aromatic nitrogens is 2. The Balaban J connectivity index is 1.89. The summed E-state index contributed by atoms with van der Waals surface area (Å²) in [6, 6.07) is 18.6. The third kappa shape index (κ3) is 1.65. The quantitative estimate of drug-likeness (QED) is 0.510. The molecule has 2 heteroatoms. The second-order valence-corrected chi connectivity index (χ2v) is 4.77. The van der Waals surface area contributed by atoms with Crippen molar-refractivity contribution < 1.29 is 0 Å². The highest BCUT2D eigenvalue weighted by Gasteiger charge is 2.20. The standard InChI is InChI=1S/C17H12N2/c1-2-6-12(7-3-1)17-18-11-14-10-13-8-4-5-9-15(13)16(14)19-17/h1-9,11H,10H2. The highest BCUT2D eigenvalue weighted by atomic mass is 14.9. The molecule has 4 rings (SSSR count). The average Bonchev–Trinajstić information content (AvgIpc) is 2.86. The number of hydrogen-bond acceptors (Lipinski definition) is 2. The van der Waals surface area contributed by atoms with Crippen LogP contribution in [0.25, 0.3) is 22.6 Å². The highest BCUT2D eigenvalue weighted by molar-refractivity contribution is 5.74. The van der Waals surface area contributed by atoms with E-state index in [1.54, 1.807) is 0 Å². The van der Waals surface area contributed by atoms with Gasteiger partial charge >= 0.3 is 0 Å². The zero-order valence-electron chi connectivity index (χ0n) is 10.4. The highest BCUT2D eigenvalue weighted by Crippen LogP contribution is 2.35. The minimum atomic E-state index is 0.802. The Bertz CT molecular complexity index is 748. The van der Waals surface area contributed by atoms with Crippen molar-refractivity contribution in [3.05, 3.63) is 71.9 Å². The molecule has 1 aromatic heterocycles. The zero-order valence-corrected chi connectivity index (χ0v) is 10.4. The van der Waals surface area contributed by atoms with E-state index >= 15 is 0 Å². The molecule has 0 unspecified atom stereocenters. The van der Waals surface area contributed by atoms with Gasteiger partial charge in [-0.1, -0.05) is 54.6 Å². The van der Waals surface area contributed by atoms with Crippen LogP contribution >= 0.6 is 0 Å². The Morgan fingerprint density at radius 2 is 1.58 bits per heavy atom. The van der Waals surface area contributed by atoms with Gasteiger partial charge < -0.3 is 0 Å². The lowest BCUT2D eigenvalue weighted by Gasteiger charge is -2.03. The van der Waals surface area contributed by atoms with E-state index < -0.39 is 0 Å². The predicted molar refractivity (Wildman–Crippen MR) is 75.7 cm³/mol. The van der Waals surface area contributed by atoms with Crippen LogP contribution < -0.4 is 0 Å². The molecule has 90 valence electrons. The van der Waals surface area contributed by atoms with Crippen LogP contribution in [0.5, 0.6) is 0 Å². The van der Waals surface area contributed by atoms with Gasteiger partial charge in [0.25, 0.3) is 0 Å². The first-order chi connectivity index (χ1) is 9.42. The fraction of sp³-hybridized carbons (Fsp3) is 0.0588. The monoisotopic (exact) mass is 244 g/mol. The molecule has 1 aliphatic rings. The van der Waals surface area contributed by atoms with Crippen molar-refractivity contribution in [3.8, 4) is 22.6 Å². The molecule has 0 bridgehead atoms. The molecule has 0 amide bonds. The van der Waals surface area contributed by atoms with E-state index in [0.717, 1.165) is 23.5 Å². The van der Waals surface area contributed by atoms with Crippen molar-refractivity contribution in [2.24, 2.45) is 0 Å². The summed E-state index contributed by atoms with van der Waals surface area (Å²) in [5, 5.41) is 0. The van der Waals surface area contributed by atoms with Crippen molar-refractivity contribution in [3.63, 3.8) is 0 Å². The molecule has 0 aliphatic heterocycles. The Morgan fingerprint density at radius 1 is 0.789 bits per heavy atom. The predicted octanol–water partition coefficient (Wildman–Crippen LogP) is 3.71. The smallest absolute Gasteiger partial charge is 0.159 e. The summed E-state index contributed by atoms with van der Waals surface area (Å²) in [5.41, 5.74) is 5.97. The lowest BCUT2D eigenvalue weighted by atomic mass is 10.1. The van der Waals surface area contributed by atoms with Gasteiger partial charge in [0.2, 0.25) is 0 Å². The van der Waals surface area contributed by atoms with Gasteiger partial charge in [-0.2, -0.15) is 0 Å². The summed E-state index contributed by atoms with van der Waals surface area (Å²) in [6.07, 6.45) is 2.91. The minimum absolute atomic E-state index is 0.802. The maximum Gasteiger partial charge on any atom is 0.159 e. The first-order valence-electron chi connectivity index (χ1n) is 6.41. The van der Waals surface area contributed by atoms with Crippen LogP contribution in [0.3, 0.4) is 0 Å². The van der Waals surface area contributed by atoms with Gasteiger partial charge in [0.05, 0.1) is 5.69 Å². The largest absolute Gasteiger partial charge is 0.236 e. The van der Waals surface area contributed by atoms with E-state index in [4.69, 9.17) is 4.98 Å². The van der Waals surface area contributed by atoms with E-state index in [2.05, 4.69) is 29.2 Å². The van der Waals surface area contributed by atoms with E-state index in [1.807, 2.05) is 36.5 Å². The third-order valence-corrected chi connectivity index (χ3v) is 3.55. The lowest BCUT2D eigenvalue weighted by molar-refractivity contribution is 1.13. The summed E-state index contributed by atoms with van der Waals surface area (Å²) in [4.78, 5) is 9.25. The summed E-state index contributed by atoms with van der Waals surface area (Å²) in [6.45, 7) is 0. The molecule has 0 saturated heterocycles. The molecule has 1 aliphatic carbocycles. The maximum absolute atomic E-state index is 4.75. The molecule has 2 nitrogen and oxygen atoms in total. The fourth-order valence-electron chi connectivity index (χ4n) is 2.61. The molecule has 3 aromatic rings. The molecule has 0 N–H and O–H groups in total. The third-order valence-electron chi connectivity index (χ3n) is 3.55. The minimum Gasteiger partial charge on any atom is -0.236 e. The summed E-state index contributed by atoms with van der Waals surface area (Å²) in [5.74, 6) is 0.802. The van der Waals surface area contributed by atoms with Crippen LogP contribution in [0, 0.1) is 0 Å². The molecule has 0 saturated carbocycles. The van der Waals surface area contributed by atoms with Crippen LogP contribution in [-0.2, 0) is 6.42 Å². The molecular formula is C17H12N2. The van der Waals surface area contributed by atoms with Crippen LogP contribution in [0.4, 0.5) is 0 Å². The molecule has 19 heavy (non-hydrogen) atoms. The first kappa shape index (κ1) is 10.4. The second-order valence-electron chi connectivity index (χ2n) is 4.77. The van der Waals surface area contributed by atoms with Crippen LogP contribution in [-0.4, -0.2) is 9.97 Å². The molecule has 1 heterocycles. The van der Waals surface area contributed by atoms with Crippen molar-refractivity contribution in [2.75, 3.05) is 0 Å².